The molecule has 1 aromatic rings. The maximum absolute atomic E-state index is 12.7. The number of nitrogens with one attached hydrogen (secondary N) is 1. The van der Waals surface area contributed by atoms with Gasteiger partial charge in [-0.25, -0.2) is 0 Å². The zero-order valence-electron chi connectivity index (χ0n) is 14.4. The molecule has 1 unspecified atom stereocenters. The number of likely N-dealkylation sites (tertiary alicyclic amines) is 1. The molecule has 1 fully saturated rings. The molecule has 7 heteroatoms. The molecule has 1 aliphatic rings. The lowest BCUT2D eigenvalue weighted by molar-refractivity contribution is -0.137. The van der Waals surface area contributed by atoms with E-state index in [1.807, 2.05) is 0 Å². The predicted molar refractivity (Wildman–Crippen MR) is 105 cm³/mol. The quantitative estimate of drug-likeness (QED) is 0.294. The maximum atomic E-state index is 12.7. The summed E-state index contributed by atoms with van der Waals surface area (Å²) >= 11 is 0. The van der Waals surface area contributed by atoms with Crippen LogP contribution in [0.5, 0.6) is 0 Å². The molecule has 1 atom stereocenters. The lowest BCUT2D eigenvalue weighted by atomic mass is 10.0. The van der Waals surface area contributed by atoms with E-state index < -0.39 is 11.7 Å². The SMILES string of the molecule is CN=C(NCC#Cc1cccc(C(F)(F)F)c1)N1CCCC(C)C1.I. The average Bonchev–Trinajstić information content (AvgIpc) is 2.54. The van der Waals surface area contributed by atoms with Crippen LogP contribution >= 0.6 is 24.0 Å². The van der Waals surface area contributed by atoms with Crippen molar-refractivity contribution in [1.82, 2.24) is 10.2 Å². The van der Waals surface area contributed by atoms with Gasteiger partial charge in [-0.1, -0.05) is 24.8 Å². The van der Waals surface area contributed by atoms with Gasteiger partial charge in [-0.05, 0) is 37.0 Å². The lowest BCUT2D eigenvalue weighted by Crippen LogP contribution is -2.46. The summed E-state index contributed by atoms with van der Waals surface area (Å²) in [7, 11) is 1.72. The molecule has 1 aliphatic heterocycles. The van der Waals surface area contributed by atoms with Crippen LogP contribution in [0.15, 0.2) is 29.3 Å². The summed E-state index contributed by atoms with van der Waals surface area (Å²) in [4.78, 5) is 6.45. The minimum atomic E-state index is -4.34. The van der Waals surface area contributed by atoms with Gasteiger partial charge in [-0.2, -0.15) is 13.2 Å². The molecule has 0 saturated carbocycles. The van der Waals surface area contributed by atoms with Crippen LogP contribution in [-0.2, 0) is 6.18 Å². The summed E-state index contributed by atoms with van der Waals surface area (Å²) in [6.45, 7) is 4.48. The molecule has 25 heavy (non-hydrogen) atoms. The van der Waals surface area contributed by atoms with Gasteiger partial charge in [0.2, 0.25) is 0 Å². The van der Waals surface area contributed by atoms with Crippen molar-refractivity contribution >= 4 is 29.9 Å². The second-order valence-electron chi connectivity index (χ2n) is 5.97. The van der Waals surface area contributed by atoms with Gasteiger partial charge in [-0.15, -0.1) is 24.0 Å². The number of hydrogen-bond acceptors (Lipinski definition) is 1. The zero-order valence-corrected chi connectivity index (χ0v) is 16.7. The molecule has 138 valence electrons. The molecule has 1 heterocycles. The maximum Gasteiger partial charge on any atom is 0.416 e. The summed E-state index contributed by atoms with van der Waals surface area (Å²) in [5.41, 5.74) is -0.325. The Morgan fingerprint density at radius 3 is 2.80 bits per heavy atom. The van der Waals surface area contributed by atoms with Gasteiger partial charge >= 0.3 is 6.18 Å². The molecule has 0 aliphatic carbocycles. The van der Waals surface area contributed by atoms with Crippen molar-refractivity contribution in [1.29, 1.82) is 0 Å². The van der Waals surface area contributed by atoms with Crippen LogP contribution in [0.4, 0.5) is 13.2 Å². The minimum Gasteiger partial charge on any atom is -0.345 e. The first-order valence-corrected chi connectivity index (χ1v) is 8.02. The zero-order chi connectivity index (χ0) is 17.6. The Balaban J connectivity index is 0.00000312. The van der Waals surface area contributed by atoms with E-state index >= 15 is 0 Å². The molecular formula is C18H23F3IN3. The Kier molecular flexibility index (Phi) is 8.56. The predicted octanol–water partition coefficient (Wildman–Crippen LogP) is 3.98. The van der Waals surface area contributed by atoms with E-state index in [1.165, 1.54) is 12.5 Å². The van der Waals surface area contributed by atoms with Gasteiger partial charge in [-0.3, -0.25) is 4.99 Å². The monoisotopic (exact) mass is 465 g/mol. The fourth-order valence-corrected chi connectivity index (χ4v) is 2.76. The van der Waals surface area contributed by atoms with E-state index in [9.17, 15) is 13.2 Å². The summed E-state index contributed by atoms with van der Waals surface area (Å²) in [5, 5.41) is 3.15. The van der Waals surface area contributed by atoms with E-state index in [-0.39, 0.29) is 24.0 Å². The largest absolute Gasteiger partial charge is 0.416 e. The molecular weight excluding hydrogens is 442 g/mol. The number of benzene rings is 1. The molecule has 0 spiro atoms. The smallest absolute Gasteiger partial charge is 0.345 e. The number of alkyl halides is 3. The molecule has 0 amide bonds. The number of hydrogen-bond donors (Lipinski definition) is 1. The Morgan fingerprint density at radius 2 is 2.16 bits per heavy atom. The topological polar surface area (TPSA) is 27.6 Å². The third-order valence-electron chi connectivity index (χ3n) is 3.93. The number of guanidine groups is 1. The average molecular weight is 465 g/mol. The Hall–Kier alpha value is -1.43. The van der Waals surface area contributed by atoms with Gasteiger partial charge < -0.3 is 10.2 Å². The van der Waals surface area contributed by atoms with E-state index in [0.717, 1.165) is 37.6 Å². The van der Waals surface area contributed by atoms with E-state index in [4.69, 9.17) is 0 Å². The highest BCUT2D eigenvalue weighted by Crippen LogP contribution is 2.29. The van der Waals surface area contributed by atoms with Gasteiger partial charge in [0, 0.05) is 25.7 Å². The number of halogens is 4. The normalized spacial score (nSPS) is 18.0. The second-order valence-corrected chi connectivity index (χ2v) is 5.97. The van der Waals surface area contributed by atoms with Crippen molar-refractivity contribution in [2.45, 2.75) is 25.9 Å². The summed E-state index contributed by atoms with van der Waals surface area (Å²) in [6.07, 6.45) is -1.98. The molecule has 0 aromatic heterocycles. The molecule has 1 aromatic carbocycles. The highest BCUT2D eigenvalue weighted by molar-refractivity contribution is 14.0. The summed E-state index contributed by atoms with van der Waals surface area (Å²) in [5.74, 6) is 7.05. The van der Waals surface area contributed by atoms with Gasteiger partial charge in [0.05, 0.1) is 12.1 Å². The number of aliphatic imine (C=N–C) groups is 1. The molecule has 3 nitrogen and oxygen atoms in total. The first-order valence-electron chi connectivity index (χ1n) is 8.02. The fraction of sp³-hybridized carbons (Fsp3) is 0.500. The molecule has 2 rings (SSSR count). The molecule has 0 bridgehead atoms. The van der Waals surface area contributed by atoms with Crippen molar-refractivity contribution in [3.8, 4) is 11.8 Å². The van der Waals surface area contributed by atoms with Crippen LogP contribution in [0.3, 0.4) is 0 Å². The van der Waals surface area contributed by atoms with E-state index in [1.54, 1.807) is 13.1 Å². The molecule has 0 radical (unpaired) electrons. The number of rotatable bonds is 1. The van der Waals surface area contributed by atoms with Crippen molar-refractivity contribution < 1.29 is 13.2 Å². The number of nitrogens with zero attached hydrogens (tertiary/aromatic N) is 2. The third-order valence-corrected chi connectivity index (χ3v) is 3.93. The van der Waals surface area contributed by atoms with Crippen LogP contribution in [-0.4, -0.2) is 37.5 Å². The summed E-state index contributed by atoms with van der Waals surface area (Å²) in [6, 6.07) is 5.05. The standard InChI is InChI=1S/C18H22F3N3.HI/c1-14-6-5-11-24(13-14)17(22-2)23-10-4-8-15-7-3-9-16(12-15)18(19,20)21;/h3,7,9,12,14H,5-6,10-11,13H2,1-2H3,(H,22,23);1H. The van der Waals surface area contributed by atoms with E-state index in [2.05, 4.69) is 34.0 Å². The van der Waals surface area contributed by atoms with Crippen molar-refractivity contribution in [3.63, 3.8) is 0 Å². The molecule has 1 saturated heterocycles. The van der Waals surface area contributed by atoms with Crippen molar-refractivity contribution in [3.05, 3.63) is 35.4 Å². The molecule has 1 N–H and O–H groups in total. The van der Waals surface area contributed by atoms with Crippen molar-refractivity contribution in [2.75, 3.05) is 26.7 Å². The van der Waals surface area contributed by atoms with Crippen molar-refractivity contribution in [2.24, 2.45) is 10.9 Å². The Labute approximate surface area is 164 Å². The Morgan fingerprint density at radius 1 is 1.40 bits per heavy atom. The van der Waals surface area contributed by atoms with Crippen LogP contribution in [0.25, 0.3) is 0 Å². The van der Waals surface area contributed by atoms with Crippen LogP contribution < -0.4 is 5.32 Å². The highest BCUT2D eigenvalue weighted by Gasteiger charge is 2.30. The second kappa shape index (κ2) is 9.90. The third kappa shape index (κ3) is 6.77. The Bertz CT molecular complexity index is 647. The fourth-order valence-electron chi connectivity index (χ4n) is 2.76. The van der Waals surface area contributed by atoms with Crippen LogP contribution in [0.1, 0.15) is 30.9 Å². The van der Waals surface area contributed by atoms with Crippen LogP contribution in [0, 0.1) is 17.8 Å². The van der Waals surface area contributed by atoms with Gasteiger partial charge in [0.15, 0.2) is 5.96 Å². The van der Waals surface area contributed by atoms with E-state index in [0.29, 0.717) is 18.0 Å². The highest BCUT2D eigenvalue weighted by atomic mass is 127. The minimum absolute atomic E-state index is 0. The first kappa shape index (κ1) is 21.6. The number of piperidine rings is 1. The lowest BCUT2D eigenvalue weighted by Gasteiger charge is -2.33. The van der Waals surface area contributed by atoms with Crippen LogP contribution in [0.2, 0.25) is 0 Å². The summed E-state index contributed by atoms with van der Waals surface area (Å²) < 4.78 is 38.0. The van der Waals surface area contributed by atoms with Gasteiger partial charge in [0.1, 0.15) is 0 Å². The van der Waals surface area contributed by atoms with Gasteiger partial charge in [0.25, 0.3) is 0 Å². The first-order chi connectivity index (χ1) is 11.4.